The summed E-state index contributed by atoms with van der Waals surface area (Å²) in [6.45, 7) is 4.76. The highest BCUT2D eigenvalue weighted by molar-refractivity contribution is 6.06. The zero-order valence-electron chi connectivity index (χ0n) is 27.2. The van der Waals surface area contributed by atoms with Gasteiger partial charge in [-0.2, -0.15) is 0 Å². The average molecular weight is 614 g/mol. The Kier molecular flexibility index (Phi) is 6.55. The fraction of sp³-hybridized carbons (Fsp3) is 0.0638. The van der Waals surface area contributed by atoms with Gasteiger partial charge in [-0.25, -0.2) is 0 Å². The fourth-order valence-electron chi connectivity index (χ4n) is 7.96. The number of hydrogen-bond acceptors (Lipinski definition) is 1. The zero-order chi connectivity index (χ0) is 32.2. The Morgan fingerprint density at radius 2 is 1.04 bits per heavy atom. The van der Waals surface area contributed by atoms with Gasteiger partial charge in [0.05, 0.1) is 5.69 Å². The summed E-state index contributed by atoms with van der Waals surface area (Å²) in [6, 6.07) is 64.3. The van der Waals surface area contributed by atoms with E-state index in [-0.39, 0.29) is 5.41 Å². The van der Waals surface area contributed by atoms with Gasteiger partial charge in [0.15, 0.2) is 0 Å². The first kappa shape index (κ1) is 28.3. The van der Waals surface area contributed by atoms with E-state index in [1.54, 1.807) is 0 Å². The number of benzene rings is 8. The van der Waals surface area contributed by atoms with Crippen LogP contribution in [0.3, 0.4) is 0 Å². The third kappa shape index (κ3) is 4.47. The highest BCUT2D eigenvalue weighted by Crippen LogP contribution is 2.56. The van der Waals surface area contributed by atoms with E-state index < -0.39 is 0 Å². The molecule has 48 heavy (non-hydrogen) atoms. The van der Waals surface area contributed by atoms with Crippen LogP contribution < -0.4 is 4.90 Å². The van der Waals surface area contributed by atoms with Crippen molar-refractivity contribution in [3.05, 3.63) is 187 Å². The summed E-state index contributed by atoms with van der Waals surface area (Å²) in [7, 11) is 0. The van der Waals surface area contributed by atoms with Crippen LogP contribution in [-0.2, 0) is 5.41 Å². The molecule has 1 nitrogen and oxygen atoms in total. The van der Waals surface area contributed by atoms with Gasteiger partial charge in [0.2, 0.25) is 0 Å². The van der Waals surface area contributed by atoms with Gasteiger partial charge in [-0.1, -0.05) is 159 Å². The predicted octanol–water partition coefficient (Wildman–Crippen LogP) is 13.1. The molecule has 8 aromatic carbocycles. The SMILES string of the molecule is CC1(C)c2ccccc2-c2c(N(c3ccc(-c4cccc5ccccc45)cc3)c3cccc(-c4ccccc4)c3)cc3ccccc3c21. The molecular formula is C47H35N. The van der Waals surface area contributed by atoms with Gasteiger partial charge in [-0.3, -0.25) is 0 Å². The maximum Gasteiger partial charge on any atom is 0.0549 e. The van der Waals surface area contributed by atoms with Gasteiger partial charge in [0, 0.05) is 22.4 Å². The predicted molar refractivity (Wildman–Crippen MR) is 205 cm³/mol. The molecule has 0 bridgehead atoms. The first-order valence-corrected chi connectivity index (χ1v) is 16.8. The summed E-state index contributed by atoms with van der Waals surface area (Å²) >= 11 is 0. The first-order chi connectivity index (χ1) is 23.6. The van der Waals surface area contributed by atoms with Crippen LogP contribution >= 0.6 is 0 Å². The van der Waals surface area contributed by atoms with Crippen LogP contribution in [-0.4, -0.2) is 0 Å². The Bertz CT molecular complexity index is 2460. The lowest BCUT2D eigenvalue weighted by Gasteiger charge is -2.30. The minimum absolute atomic E-state index is 0.142. The summed E-state index contributed by atoms with van der Waals surface area (Å²) in [5.74, 6) is 0. The first-order valence-electron chi connectivity index (χ1n) is 16.8. The van der Waals surface area contributed by atoms with Crippen LogP contribution in [0.5, 0.6) is 0 Å². The molecule has 1 heteroatoms. The van der Waals surface area contributed by atoms with E-state index >= 15 is 0 Å². The molecule has 1 aliphatic carbocycles. The Morgan fingerprint density at radius 3 is 1.88 bits per heavy atom. The Hall–Kier alpha value is -5.92. The number of fused-ring (bicyclic) bond motifs is 6. The molecule has 8 aromatic rings. The quantitative estimate of drug-likeness (QED) is 0.187. The van der Waals surface area contributed by atoms with E-state index in [0.29, 0.717) is 0 Å². The number of nitrogens with zero attached hydrogens (tertiary/aromatic N) is 1. The van der Waals surface area contributed by atoms with Crippen molar-refractivity contribution in [2.45, 2.75) is 19.3 Å². The second-order valence-electron chi connectivity index (χ2n) is 13.4. The van der Waals surface area contributed by atoms with E-state index in [4.69, 9.17) is 0 Å². The number of anilines is 3. The van der Waals surface area contributed by atoms with Crippen LogP contribution in [0.15, 0.2) is 176 Å². The molecule has 0 aromatic heterocycles. The van der Waals surface area contributed by atoms with Crippen LogP contribution in [0, 0.1) is 0 Å². The van der Waals surface area contributed by atoms with Crippen molar-refractivity contribution in [3.8, 4) is 33.4 Å². The molecule has 0 saturated heterocycles. The Labute approximate surface area is 282 Å². The monoisotopic (exact) mass is 613 g/mol. The van der Waals surface area contributed by atoms with Crippen molar-refractivity contribution in [1.82, 2.24) is 0 Å². The largest absolute Gasteiger partial charge is 0.310 e. The molecule has 0 aliphatic heterocycles. The highest BCUT2D eigenvalue weighted by Gasteiger charge is 2.39. The van der Waals surface area contributed by atoms with Gasteiger partial charge in [0.25, 0.3) is 0 Å². The molecule has 0 atom stereocenters. The summed E-state index contributed by atoms with van der Waals surface area (Å²) in [4.78, 5) is 2.47. The summed E-state index contributed by atoms with van der Waals surface area (Å²) in [5, 5.41) is 5.10. The maximum atomic E-state index is 2.47. The van der Waals surface area contributed by atoms with Crippen LogP contribution in [0.4, 0.5) is 17.1 Å². The standard InChI is InChI=1S/C47H35N/c1-47(2)43-25-11-10-23-42(43)45-44(31-36-17-7-9-22-41(36)46(45)47)48(38-20-12-19-35(30-38)32-14-4-3-5-15-32)37-28-26-34(27-29-37)40-24-13-18-33-16-6-8-21-39(33)40/h3-31H,1-2H3. The molecule has 0 radical (unpaired) electrons. The molecule has 0 saturated carbocycles. The average Bonchev–Trinajstić information content (AvgIpc) is 3.39. The normalized spacial score (nSPS) is 13.0. The topological polar surface area (TPSA) is 3.24 Å². The molecule has 0 fully saturated rings. The van der Waals surface area contributed by atoms with Crippen molar-refractivity contribution in [2.24, 2.45) is 0 Å². The van der Waals surface area contributed by atoms with E-state index in [1.807, 2.05) is 0 Å². The van der Waals surface area contributed by atoms with Gasteiger partial charge < -0.3 is 4.90 Å². The highest BCUT2D eigenvalue weighted by atomic mass is 15.1. The van der Waals surface area contributed by atoms with E-state index in [2.05, 4.69) is 195 Å². The van der Waals surface area contributed by atoms with E-state index in [9.17, 15) is 0 Å². The molecule has 1 aliphatic rings. The molecule has 0 spiro atoms. The second-order valence-corrected chi connectivity index (χ2v) is 13.4. The Balaban J connectivity index is 1.30. The molecule has 0 unspecified atom stereocenters. The third-order valence-electron chi connectivity index (χ3n) is 10.2. The van der Waals surface area contributed by atoms with E-state index in [1.165, 1.54) is 71.7 Å². The van der Waals surface area contributed by atoms with Crippen molar-refractivity contribution in [2.75, 3.05) is 4.90 Å². The van der Waals surface area contributed by atoms with Gasteiger partial charge in [-0.15, -0.1) is 0 Å². The molecule has 0 N–H and O–H groups in total. The van der Waals surface area contributed by atoms with Crippen molar-refractivity contribution in [1.29, 1.82) is 0 Å². The van der Waals surface area contributed by atoms with Crippen LogP contribution in [0.2, 0.25) is 0 Å². The summed E-state index contributed by atoms with van der Waals surface area (Å²) in [5.41, 5.74) is 13.6. The molecule has 0 amide bonds. The lowest BCUT2D eigenvalue weighted by Crippen LogP contribution is -2.17. The maximum absolute atomic E-state index is 2.47. The fourth-order valence-corrected chi connectivity index (χ4v) is 7.96. The molecule has 228 valence electrons. The minimum Gasteiger partial charge on any atom is -0.310 e. The number of rotatable bonds is 5. The van der Waals surface area contributed by atoms with Gasteiger partial charge in [0.1, 0.15) is 0 Å². The zero-order valence-corrected chi connectivity index (χ0v) is 27.2. The third-order valence-corrected chi connectivity index (χ3v) is 10.2. The molecule has 9 rings (SSSR count). The smallest absolute Gasteiger partial charge is 0.0549 e. The lowest BCUT2D eigenvalue weighted by molar-refractivity contribution is 0.666. The molecule has 0 heterocycles. The number of hydrogen-bond donors (Lipinski definition) is 0. The van der Waals surface area contributed by atoms with Crippen LogP contribution in [0.1, 0.15) is 25.0 Å². The molecular weight excluding hydrogens is 579 g/mol. The van der Waals surface area contributed by atoms with Crippen molar-refractivity contribution >= 4 is 38.6 Å². The van der Waals surface area contributed by atoms with Gasteiger partial charge >= 0.3 is 0 Å². The van der Waals surface area contributed by atoms with Crippen molar-refractivity contribution < 1.29 is 0 Å². The van der Waals surface area contributed by atoms with Gasteiger partial charge in [-0.05, 0) is 90.8 Å². The summed E-state index contributed by atoms with van der Waals surface area (Å²) < 4.78 is 0. The lowest BCUT2D eigenvalue weighted by atomic mass is 9.80. The van der Waals surface area contributed by atoms with Crippen LogP contribution in [0.25, 0.3) is 54.9 Å². The summed E-state index contributed by atoms with van der Waals surface area (Å²) in [6.07, 6.45) is 0. The van der Waals surface area contributed by atoms with Crippen molar-refractivity contribution in [3.63, 3.8) is 0 Å². The second kappa shape index (κ2) is 11.1. The van der Waals surface area contributed by atoms with E-state index in [0.717, 1.165) is 11.4 Å². The Morgan fingerprint density at radius 1 is 0.417 bits per heavy atom. The minimum atomic E-state index is -0.142.